The van der Waals surface area contributed by atoms with Crippen LogP contribution in [0, 0.1) is 12.7 Å². The first-order valence-electron chi connectivity index (χ1n) is 12.5. The fourth-order valence-electron chi connectivity index (χ4n) is 4.25. The molecule has 4 rings (SSSR count). The van der Waals surface area contributed by atoms with Crippen molar-refractivity contribution in [2.75, 3.05) is 35.5 Å². The van der Waals surface area contributed by atoms with Gasteiger partial charge in [-0.2, -0.15) is 0 Å². The number of rotatable bonds is 7. The van der Waals surface area contributed by atoms with Crippen LogP contribution in [0.2, 0.25) is 0 Å². The smallest absolute Gasteiger partial charge is 0.237 e. The summed E-state index contributed by atoms with van der Waals surface area (Å²) in [5.41, 5.74) is 4.33. The van der Waals surface area contributed by atoms with Crippen molar-refractivity contribution in [3.05, 3.63) is 71.7 Å². The van der Waals surface area contributed by atoms with Gasteiger partial charge >= 0.3 is 0 Å². The molecule has 198 valence electrons. The zero-order chi connectivity index (χ0) is 26.8. The van der Waals surface area contributed by atoms with Gasteiger partial charge in [0.1, 0.15) is 11.6 Å². The third-order valence-electron chi connectivity index (χ3n) is 6.73. The van der Waals surface area contributed by atoms with E-state index in [1.807, 2.05) is 31.2 Å². The Balaban J connectivity index is 1.48. The number of likely N-dealkylation sites (tertiary alicyclic amines) is 1. The minimum absolute atomic E-state index is 0.195. The number of piperidine rings is 1. The third kappa shape index (κ3) is 6.59. The van der Waals surface area contributed by atoms with Gasteiger partial charge in [0.2, 0.25) is 10.0 Å². The molecule has 0 unspecified atom stereocenters. The summed E-state index contributed by atoms with van der Waals surface area (Å²) >= 11 is 0. The van der Waals surface area contributed by atoms with Gasteiger partial charge in [0.05, 0.1) is 10.4 Å². The molecule has 2 heterocycles. The van der Waals surface area contributed by atoms with Crippen molar-refractivity contribution in [2.24, 2.45) is 0 Å². The van der Waals surface area contributed by atoms with Crippen LogP contribution in [0.5, 0.6) is 0 Å². The second kappa shape index (κ2) is 10.7. The SMILES string of the molecule is Cc1cnc(Nc2ccc(C3CCN(C)CC3)c(F)c2)cc1Nc1cccc(NS(=O)(=O)C(C)(C)C)c1. The van der Waals surface area contributed by atoms with E-state index in [2.05, 4.69) is 32.3 Å². The fraction of sp³-hybridized carbons (Fsp3) is 0.393. The number of benzene rings is 2. The maximum Gasteiger partial charge on any atom is 0.237 e. The molecule has 1 aromatic heterocycles. The van der Waals surface area contributed by atoms with E-state index in [1.165, 1.54) is 6.07 Å². The molecule has 7 nitrogen and oxygen atoms in total. The lowest BCUT2D eigenvalue weighted by molar-refractivity contribution is 0.253. The molecule has 9 heteroatoms. The highest BCUT2D eigenvalue weighted by molar-refractivity contribution is 7.94. The van der Waals surface area contributed by atoms with Crippen molar-refractivity contribution in [3.8, 4) is 0 Å². The molecule has 1 fully saturated rings. The molecule has 37 heavy (non-hydrogen) atoms. The number of halogens is 1. The Kier molecular flexibility index (Phi) is 7.75. The van der Waals surface area contributed by atoms with Crippen molar-refractivity contribution >= 4 is 38.6 Å². The molecule has 0 spiro atoms. The van der Waals surface area contributed by atoms with E-state index >= 15 is 0 Å². The van der Waals surface area contributed by atoms with E-state index in [0.29, 0.717) is 17.2 Å². The molecular formula is C28H36FN5O2S. The van der Waals surface area contributed by atoms with Crippen LogP contribution in [0.15, 0.2) is 54.7 Å². The highest BCUT2D eigenvalue weighted by Gasteiger charge is 2.29. The second-order valence-corrected chi connectivity index (χ2v) is 13.2. The molecule has 0 aliphatic carbocycles. The summed E-state index contributed by atoms with van der Waals surface area (Å²) in [6, 6.07) is 14.3. The van der Waals surface area contributed by atoms with Crippen LogP contribution in [0.4, 0.5) is 33.0 Å². The second-order valence-electron chi connectivity index (χ2n) is 10.7. The summed E-state index contributed by atoms with van der Waals surface area (Å²) in [6.07, 6.45) is 3.67. The van der Waals surface area contributed by atoms with Gasteiger partial charge in [-0.25, -0.2) is 17.8 Å². The normalized spacial score (nSPS) is 15.4. The summed E-state index contributed by atoms with van der Waals surface area (Å²) in [5.74, 6) is 0.630. The minimum Gasteiger partial charge on any atom is -0.355 e. The first-order valence-corrected chi connectivity index (χ1v) is 14.0. The Bertz CT molecular complexity index is 1360. The maximum absolute atomic E-state index is 15.0. The van der Waals surface area contributed by atoms with Crippen molar-refractivity contribution in [3.63, 3.8) is 0 Å². The summed E-state index contributed by atoms with van der Waals surface area (Å²) in [6.45, 7) is 8.86. The number of nitrogens with one attached hydrogen (secondary N) is 3. The molecule has 3 N–H and O–H groups in total. The quantitative estimate of drug-likeness (QED) is 0.333. The monoisotopic (exact) mass is 525 g/mol. The van der Waals surface area contributed by atoms with Crippen LogP contribution in [-0.4, -0.2) is 43.2 Å². The van der Waals surface area contributed by atoms with E-state index in [1.54, 1.807) is 45.2 Å². The van der Waals surface area contributed by atoms with Gasteiger partial charge in [-0.15, -0.1) is 0 Å². The first kappa shape index (κ1) is 26.9. The van der Waals surface area contributed by atoms with Gasteiger partial charge in [-0.1, -0.05) is 12.1 Å². The third-order valence-corrected chi connectivity index (χ3v) is 8.85. The van der Waals surface area contributed by atoms with Crippen LogP contribution < -0.4 is 15.4 Å². The van der Waals surface area contributed by atoms with E-state index in [4.69, 9.17) is 0 Å². The van der Waals surface area contributed by atoms with Gasteiger partial charge in [-0.3, -0.25) is 4.72 Å². The van der Waals surface area contributed by atoms with Crippen LogP contribution in [0.3, 0.4) is 0 Å². The highest BCUT2D eigenvalue weighted by Crippen LogP contribution is 2.32. The molecule has 1 saturated heterocycles. The molecule has 0 bridgehead atoms. The average Bonchev–Trinajstić information content (AvgIpc) is 2.81. The summed E-state index contributed by atoms with van der Waals surface area (Å²) in [5, 5.41) is 6.54. The van der Waals surface area contributed by atoms with Crippen LogP contribution >= 0.6 is 0 Å². The summed E-state index contributed by atoms with van der Waals surface area (Å²) in [4.78, 5) is 6.73. The molecular weight excluding hydrogens is 489 g/mol. The Labute approximate surface area is 219 Å². The molecule has 1 aliphatic heterocycles. The molecule has 0 atom stereocenters. The Morgan fingerprint density at radius 3 is 2.32 bits per heavy atom. The van der Waals surface area contributed by atoms with Crippen molar-refractivity contribution in [2.45, 2.75) is 51.2 Å². The zero-order valence-corrected chi connectivity index (χ0v) is 22.9. The Morgan fingerprint density at radius 1 is 0.973 bits per heavy atom. The van der Waals surface area contributed by atoms with E-state index < -0.39 is 14.8 Å². The van der Waals surface area contributed by atoms with Gasteiger partial charge in [-0.05, 0) is 108 Å². The average molecular weight is 526 g/mol. The number of sulfonamides is 1. The highest BCUT2D eigenvalue weighted by atomic mass is 32.2. The number of hydrogen-bond donors (Lipinski definition) is 3. The first-order chi connectivity index (χ1) is 17.4. The van der Waals surface area contributed by atoms with E-state index in [9.17, 15) is 12.8 Å². The molecule has 0 radical (unpaired) electrons. The predicted molar refractivity (Wildman–Crippen MR) is 150 cm³/mol. The molecule has 0 amide bonds. The van der Waals surface area contributed by atoms with Crippen molar-refractivity contribution < 1.29 is 12.8 Å². The fourth-order valence-corrected chi connectivity index (χ4v) is 5.00. The van der Waals surface area contributed by atoms with Gasteiger partial charge in [0.15, 0.2) is 0 Å². The lowest BCUT2D eigenvalue weighted by Crippen LogP contribution is -2.33. The van der Waals surface area contributed by atoms with Crippen molar-refractivity contribution in [1.29, 1.82) is 0 Å². The lowest BCUT2D eigenvalue weighted by Gasteiger charge is -2.29. The van der Waals surface area contributed by atoms with E-state index in [0.717, 1.165) is 48.4 Å². The Morgan fingerprint density at radius 2 is 1.65 bits per heavy atom. The standard InChI is InChI=1S/C28H36FN5O2S/c1-19-18-30-27(32-22-9-10-24(25(29)16-22)20-11-13-34(5)14-12-20)17-26(19)31-21-7-6-8-23(15-21)33-37(35,36)28(2,3)4/h6-10,15-18,20,33H,11-14H2,1-5H3,(H2,30,31,32). The number of nitrogens with zero attached hydrogens (tertiary/aromatic N) is 2. The summed E-state index contributed by atoms with van der Waals surface area (Å²) < 4.78 is 41.7. The minimum atomic E-state index is -3.54. The number of aromatic nitrogens is 1. The topological polar surface area (TPSA) is 86.4 Å². The van der Waals surface area contributed by atoms with Crippen LogP contribution in [-0.2, 0) is 10.0 Å². The molecule has 3 aromatic rings. The maximum atomic E-state index is 15.0. The van der Waals surface area contributed by atoms with Gasteiger partial charge < -0.3 is 15.5 Å². The number of pyridine rings is 1. The Hall–Kier alpha value is -3.17. The summed E-state index contributed by atoms with van der Waals surface area (Å²) in [7, 11) is -1.44. The van der Waals surface area contributed by atoms with E-state index in [-0.39, 0.29) is 11.7 Å². The number of anilines is 5. The molecule has 1 aliphatic rings. The van der Waals surface area contributed by atoms with Gasteiger partial charge in [0.25, 0.3) is 0 Å². The van der Waals surface area contributed by atoms with Gasteiger partial charge in [0, 0.05) is 29.3 Å². The van der Waals surface area contributed by atoms with Crippen molar-refractivity contribution in [1.82, 2.24) is 9.88 Å². The lowest BCUT2D eigenvalue weighted by atomic mass is 9.89. The predicted octanol–water partition coefficient (Wildman–Crippen LogP) is 6.37. The van der Waals surface area contributed by atoms with Crippen LogP contribution in [0.1, 0.15) is 50.7 Å². The largest absolute Gasteiger partial charge is 0.355 e. The molecule has 0 saturated carbocycles. The number of hydrogen-bond acceptors (Lipinski definition) is 6. The zero-order valence-electron chi connectivity index (χ0n) is 22.1. The van der Waals surface area contributed by atoms with Crippen LogP contribution in [0.25, 0.3) is 0 Å². The molecule has 2 aromatic carbocycles. The number of aryl methyl sites for hydroxylation is 1.